The summed E-state index contributed by atoms with van der Waals surface area (Å²) in [5, 5.41) is 2.59. The lowest BCUT2D eigenvalue weighted by Crippen LogP contribution is -2.54. The van der Waals surface area contributed by atoms with E-state index in [4.69, 9.17) is 0 Å². The fourth-order valence-electron chi connectivity index (χ4n) is 3.84. The average Bonchev–Trinajstić information content (AvgIpc) is 2.90. The highest BCUT2D eigenvalue weighted by atomic mass is 32.2. The van der Waals surface area contributed by atoms with Crippen LogP contribution in [0.2, 0.25) is 0 Å². The van der Waals surface area contributed by atoms with Crippen LogP contribution in [0.15, 0.2) is 84.9 Å². The van der Waals surface area contributed by atoms with Gasteiger partial charge in [-0.05, 0) is 23.8 Å². The summed E-state index contributed by atoms with van der Waals surface area (Å²) >= 11 is 0. The number of anilines is 1. The Morgan fingerprint density at radius 3 is 2.03 bits per heavy atom. The maximum Gasteiger partial charge on any atom is 0.304 e. The van der Waals surface area contributed by atoms with Crippen molar-refractivity contribution in [3.8, 4) is 0 Å². The standard InChI is InChI=1S/C27H31FN4O4S/c1-29-27(34)25(18-21-12-6-4-7-13-21)31(19-22-14-10-11-17-24(22)28)26(33)20-32(37(35,36)30(2)3)23-15-8-5-9-16-23/h4-17,25H,18-20H2,1-3H3,(H,29,34)/t25-/m0/s1. The average molecular weight is 527 g/mol. The number of rotatable bonds is 11. The van der Waals surface area contributed by atoms with E-state index in [2.05, 4.69) is 5.32 Å². The number of amides is 2. The van der Waals surface area contributed by atoms with Gasteiger partial charge in [0.2, 0.25) is 11.8 Å². The number of carbonyl (C=O) groups excluding carboxylic acids is 2. The lowest BCUT2D eigenvalue weighted by atomic mass is 10.0. The SMILES string of the molecule is CNC(=O)[C@H](Cc1ccccc1)N(Cc1ccccc1F)C(=O)CN(c1ccccc1)S(=O)(=O)N(C)C. The molecule has 0 heterocycles. The van der Waals surface area contributed by atoms with E-state index in [0.29, 0.717) is 0 Å². The van der Waals surface area contributed by atoms with Gasteiger partial charge < -0.3 is 10.2 Å². The molecule has 0 unspecified atom stereocenters. The quantitative estimate of drug-likeness (QED) is 0.416. The fourth-order valence-corrected chi connectivity index (χ4v) is 4.90. The summed E-state index contributed by atoms with van der Waals surface area (Å²) in [5.41, 5.74) is 1.29. The molecule has 0 aliphatic rings. The predicted molar refractivity (Wildman–Crippen MR) is 141 cm³/mol. The number of carbonyl (C=O) groups is 2. The van der Waals surface area contributed by atoms with Crippen LogP contribution in [-0.4, -0.2) is 63.2 Å². The van der Waals surface area contributed by atoms with E-state index in [1.807, 2.05) is 30.3 Å². The monoisotopic (exact) mass is 526 g/mol. The van der Waals surface area contributed by atoms with Gasteiger partial charge in [-0.25, -0.2) is 8.70 Å². The van der Waals surface area contributed by atoms with Crippen LogP contribution in [0.3, 0.4) is 0 Å². The second-order valence-corrected chi connectivity index (χ2v) is 10.6. The third-order valence-electron chi connectivity index (χ3n) is 5.88. The molecule has 3 rings (SSSR count). The van der Waals surface area contributed by atoms with Gasteiger partial charge in [-0.15, -0.1) is 0 Å². The van der Waals surface area contributed by atoms with Crippen LogP contribution in [0.25, 0.3) is 0 Å². The molecule has 0 aromatic heterocycles. The molecule has 0 saturated carbocycles. The molecule has 0 fully saturated rings. The molecule has 0 aliphatic carbocycles. The minimum absolute atomic E-state index is 0.159. The first-order valence-corrected chi connectivity index (χ1v) is 13.1. The van der Waals surface area contributed by atoms with Crippen LogP contribution in [0.4, 0.5) is 10.1 Å². The summed E-state index contributed by atoms with van der Waals surface area (Å²) < 4.78 is 43.0. The molecule has 1 atom stereocenters. The van der Waals surface area contributed by atoms with Gasteiger partial charge in [-0.2, -0.15) is 12.7 Å². The van der Waals surface area contributed by atoms with E-state index < -0.39 is 40.4 Å². The van der Waals surface area contributed by atoms with Gasteiger partial charge in [0, 0.05) is 39.7 Å². The Hall–Kier alpha value is -3.76. The summed E-state index contributed by atoms with van der Waals surface area (Å²) in [6, 6.07) is 22.3. The summed E-state index contributed by atoms with van der Waals surface area (Å²) in [6.07, 6.45) is 0.159. The van der Waals surface area contributed by atoms with Crippen LogP contribution in [0.1, 0.15) is 11.1 Å². The Morgan fingerprint density at radius 1 is 0.892 bits per heavy atom. The normalized spacial score (nSPS) is 12.1. The maximum atomic E-state index is 14.7. The second-order valence-electron chi connectivity index (χ2n) is 8.57. The van der Waals surface area contributed by atoms with Gasteiger partial charge in [0.15, 0.2) is 0 Å². The molecule has 3 aromatic rings. The Bertz CT molecular complexity index is 1300. The molecule has 2 amide bonds. The number of hydrogen-bond acceptors (Lipinski definition) is 4. The highest BCUT2D eigenvalue weighted by Gasteiger charge is 2.34. The minimum atomic E-state index is -4.07. The van der Waals surface area contributed by atoms with E-state index in [1.165, 1.54) is 44.2 Å². The van der Waals surface area contributed by atoms with Crippen LogP contribution in [0.5, 0.6) is 0 Å². The molecule has 3 aromatic carbocycles. The molecule has 1 N–H and O–H groups in total. The lowest BCUT2D eigenvalue weighted by Gasteiger charge is -2.34. The van der Waals surface area contributed by atoms with Gasteiger partial charge in [0.05, 0.1) is 5.69 Å². The fraction of sp³-hybridized carbons (Fsp3) is 0.259. The molecular formula is C27H31FN4O4S. The molecule has 0 bridgehead atoms. The number of hydrogen-bond donors (Lipinski definition) is 1. The highest BCUT2D eigenvalue weighted by molar-refractivity contribution is 7.90. The van der Waals surface area contributed by atoms with Gasteiger partial charge >= 0.3 is 10.2 Å². The number of para-hydroxylation sites is 1. The first-order chi connectivity index (χ1) is 17.6. The van der Waals surface area contributed by atoms with Crippen molar-refractivity contribution in [1.29, 1.82) is 0 Å². The Morgan fingerprint density at radius 2 is 1.46 bits per heavy atom. The zero-order valence-corrected chi connectivity index (χ0v) is 21.9. The Balaban J connectivity index is 2.06. The number of nitrogens with zero attached hydrogens (tertiary/aromatic N) is 3. The third-order valence-corrected chi connectivity index (χ3v) is 7.70. The minimum Gasteiger partial charge on any atom is -0.357 e. The molecule has 8 nitrogen and oxygen atoms in total. The Labute approximate surface area is 217 Å². The zero-order valence-electron chi connectivity index (χ0n) is 21.0. The molecule has 0 aliphatic heterocycles. The van der Waals surface area contributed by atoms with Crippen molar-refractivity contribution >= 4 is 27.7 Å². The summed E-state index contributed by atoms with van der Waals surface area (Å²) in [5.74, 6) is -1.63. The van der Waals surface area contributed by atoms with Crippen molar-refractivity contribution in [1.82, 2.24) is 14.5 Å². The van der Waals surface area contributed by atoms with E-state index in [-0.39, 0.29) is 24.2 Å². The maximum absolute atomic E-state index is 14.7. The number of nitrogens with one attached hydrogen (secondary N) is 1. The van der Waals surface area contributed by atoms with Crippen molar-refractivity contribution in [2.24, 2.45) is 0 Å². The molecule has 196 valence electrons. The summed E-state index contributed by atoms with van der Waals surface area (Å²) in [6.45, 7) is -0.803. The molecular weight excluding hydrogens is 495 g/mol. The van der Waals surface area contributed by atoms with Crippen LogP contribution < -0.4 is 9.62 Å². The van der Waals surface area contributed by atoms with E-state index >= 15 is 0 Å². The van der Waals surface area contributed by atoms with Gasteiger partial charge in [-0.3, -0.25) is 9.59 Å². The van der Waals surface area contributed by atoms with E-state index in [0.717, 1.165) is 14.2 Å². The molecule has 0 radical (unpaired) electrons. The van der Waals surface area contributed by atoms with E-state index in [1.54, 1.807) is 36.4 Å². The molecule has 37 heavy (non-hydrogen) atoms. The largest absolute Gasteiger partial charge is 0.357 e. The number of halogens is 1. The van der Waals surface area contributed by atoms with Crippen molar-refractivity contribution in [3.05, 3.63) is 102 Å². The lowest BCUT2D eigenvalue weighted by molar-refractivity contribution is -0.139. The first-order valence-electron chi connectivity index (χ1n) is 11.7. The van der Waals surface area contributed by atoms with Gasteiger partial charge in [0.1, 0.15) is 18.4 Å². The second kappa shape index (κ2) is 12.5. The van der Waals surface area contributed by atoms with Gasteiger partial charge in [0.25, 0.3) is 0 Å². The van der Waals surface area contributed by atoms with Crippen molar-refractivity contribution in [3.63, 3.8) is 0 Å². The predicted octanol–water partition coefficient (Wildman–Crippen LogP) is 2.82. The van der Waals surface area contributed by atoms with Gasteiger partial charge in [-0.1, -0.05) is 66.7 Å². The topological polar surface area (TPSA) is 90.0 Å². The molecule has 0 spiro atoms. The van der Waals surface area contributed by atoms with E-state index in [9.17, 15) is 22.4 Å². The Kier molecular flexibility index (Phi) is 9.37. The molecule has 10 heteroatoms. The van der Waals surface area contributed by atoms with Crippen molar-refractivity contribution in [2.45, 2.75) is 19.0 Å². The highest BCUT2D eigenvalue weighted by Crippen LogP contribution is 2.22. The molecule has 0 saturated heterocycles. The summed E-state index contributed by atoms with van der Waals surface area (Å²) in [7, 11) is 0.131. The number of likely N-dealkylation sites (N-methyl/N-ethyl adjacent to an activating group) is 1. The third kappa shape index (κ3) is 6.93. The smallest absolute Gasteiger partial charge is 0.304 e. The summed E-state index contributed by atoms with van der Waals surface area (Å²) in [4.78, 5) is 28.2. The zero-order chi connectivity index (χ0) is 27.0. The van der Waals surface area contributed by atoms with Crippen LogP contribution in [0, 0.1) is 5.82 Å². The van der Waals surface area contributed by atoms with Crippen molar-refractivity contribution in [2.75, 3.05) is 32.0 Å². The van der Waals surface area contributed by atoms with Crippen LogP contribution >= 0.6 is 0 Å². The van der Waals surface area contributed by atoms with Crippen molar-refractivity contribution < 1.29 is 22.4 Å². The number of benzene rings is 3. The first kappa shape index (κ1) is 27.8. The van der Waals surface area contributed by atoms with Crippen LogP contribution in [-0.2, 0) is 32.8 Å².